The van der Waals surface area contributed by atoms with Crippen LogP contribution in [0.4, 0.5) is 5.69 Å². The first-order chi connectivity index (χ1) is 15.2. The number of aromatic nitrogens is 3. The average Bonchev–Trinajstić information content (AvgIpc) is 3.24. The molecule has 0 bridgehead atoms. The molecule has 5 heteroatoms. The topological polar surface area (TPSA) is 70.7 Å². The van der Waals surface area contributed by atoms with Gasteiger partial charge in [-0.2, -0.15) is 0 Å². The Bertz CT molecular complexity index is 1360. The van der Waals surface area contributed by atoms with Crippen LogP contribution < -0.4 is 5.32 Å². The van der Waals surface area contributed by atoms with Crippen LogP contribution in [-0.4, -0.2) is 20.9 Å². The monoisotopic (exact) mass is 404 g/mol. The molecule has 0 aliphatic carbocycles. The number of anilines is 1. The summed E-state index contributed by atoms with van der Waals surface area (Å²) in [5, 5.41) is 3.03. The molecule has 0 unspecified atom stereocenters. The third kappa shape index (κ3) is 3.69. The van der Waals surface area contributed by atoms with Crippen molar-refractivity contribution in [2.24, 2.45) is 0 Å². The summed E-state index contributed by atoms with van der Waals surface area (Å²) in [7, 11) is 0. The van der Waals surface area contributed by atoms with Gasteiger partial charge < -0.3 is 10.3 Å². The van der Waals surface area contributed by atoms with Crippen LogP contribution in [-0.2, 0) is 0 Å². The van der Waals surface area contributed by atoms with Crippen LogP contribution in [0.3, 0.4) is 0 Å². The second-order valence-corrected chi connectivity index (χ2v) is 7.30. The molecule has 0 radical (unpaired) electrons. The Morgan fingerprint density at radius 1 is 0.806 bits per heavy atom. The first-order valence-corrected chi connectivity index (χ1v) is 10.1. The Balaban J connectivity index is 1.45. The van der Waals surface area contributed by atoms with E-state index in [2.05, 4.69) is 20.3 Å². The lowest BCUT2D eigenvalue weighted by atomic mass is 10.1. The average molecular weight is 404 g/mol. The summed E-state index contributed by atoms with van der Waals surface area (Å²) < 4.78 is 0. The van der Waals surface area contributed by atoms with Crippen molar-refractivity contribution in [3.63, 3.8) is 0 Å². The molecular weight excluding hydrogens is 384 g/mol. The van der Waals surface area contributed by atoms with Gasteiger partial charge in [-0.15, -0.1) is 0 Å². The molecule has 0 aliphatic heterocycles. The maximum absolute atomic E-state index is 13.1. The Morgan fingerprint density at radius 3 is 2.35 bits per heavy atom. The van der Waals surface area contributed by atoms with Gasteiger partial charge in [-0.1, -0.05) is 54.6 Å². The van der Waals surface area contributed by atoms with Gasteiger partial charge in [0.15, 0.2) is 0 Å². The first-order valence-electron chi connectivity index (χ1n) is 10.1. The summed E-state index contributed by atoms with van der Waals surface area (Å²) in [4.78, 5) is 25.7. The first kappa shape index (κ1) is 18.8. The number of carbonyl (C=O) groups is 1. The van der Waals surface area contributed by atoms with Crippen molar-refractivity contribution in [1.82, 2.24) is 15.0 Å². The number of imidazole rings is 1. The Hall–Kier alpha value is -4.25. The fourth-order valence-corrected chi connectivity index (χ4v) is 3.64. The zero-order valence-corrected chi connectivity index (χ0v) is 17.0. The number of amides is 1. The van der Waals surface area contributed by atoms with Crippen molar-refractivity contribution in [3.05, 3.63) is 102 Å². The number of fused-ring (bicyclic) bond motifs is 1. The number of aryl methyl sites for hydroxylation is 1. The smallest absolute Gasteiger partial charge is 0.257 e. The van der Waals surface area contributed by atoms with Crippen molar-refractivity contribution in [3.8, 4) is 22.6 Å². The van der Waals surface area contributed by atoms with Crippen molar-refractivity contribution in [2.45, 2.75) is 6.92 Å². The minimum Gasteiger partial charge on any atom is -0.338 e. The highest BCUT2D eigenvalue weighted by atomic mass is 16.1. The largest absolute Gasteiger partial charge is 0.338 e. The molecule has 0 fully saturated rings. The van der Waals surface area contributed by atoms with Gasteiger partial charge in [0, 0.05) is 11.1 Å². The van der Waals surface area contributed by atoms with Gasteiger partial charge >= 0.3 is 0 Å². The number of hydrogen-bond acceptors (Lipinski definition) is 3. The van der Waals surface area contributed by atoms with Gasteiger partial charge in [-0.25, -0.2) is 4.98 Å². The van der Waals surface area contributed by atoms with Crippen molar-refractivity contribution < 1.29 is 4.79 Å². The van der Waals surface area contributed by atoms with Gasteiger partial charge in [-0.05, 0) is 43.3 Å². The highest BCUT2D eigenvalue weighted by Crippen LogP contribution is 2.28. The molecule has 0 aliphatic rings. The van der Waals surface area contributed by atoms with E-state index in [9.17, 15) is 4.79 Å². The molecule has 5 rings (SSSR count). The summed E-state index contributed by atoms with van der Waals surface area (Å²) >= 11 is 0. The van der Waals surface area contributed by atoms with Gasteiger partial charge in [0.25, 0.3) is 5.91 Å². The molecule has 0 spiro atoms. The van der Waals surface area contributed by atoms with E-state index in [-0.39, 0.29) is 5.91 Å². The fraction of sp³-hybridized carbons (Fsp3) is 0.0385. The number of nitrogens with zero attached hydrogens (tertiary/aromatic N) is 2. The van der Waals surface area contributed by atoms with Crippen LogP contribution in [0.15, 0.2) is 91.0 Å². The standard InChI is InChI=1S/C26H20N4O/c1-17-19(15-16-21(27-17)18-9-3-2-4-10-18)26(31)30-22-12-6-5-11-20(22)25-28-23-13-7-8-14-24(23)29-25/h2-16H,1H3,(H,28,29)(H,30,31). The number of rotatable bonds is 4. The number of benzene rings is 3. The molecule has 150 valence electrons. The van der Waals surface area contributed by atoms with E-state index in [1.54, 1.807) is 0 Å². The van der Waals surface area contributed by atoms with Crippen LogP contribution >= 0.6 is 0 Å². The number of nitrogens with one attached hydrogen (secondary N) is 2. The molecule has 31 heavy (non-hydrogen) atoms. The van der Waals surface area contributed by atoms with Gasteiger partial charge in [0.2, 0.25) is 0 Å². The van der Waals surface area contributed by atoms with Gasteiger partial charge in [0.1, 0.15) is 5.82 Å². The maximum atomic E-state index is 13.1. The van der Waals surface area contributed by atoms with Crippen LogP contribution in [0.1, 0.15) is 16.1 Å². The highest BCUT2D eigenvalue weighted by Gasteiger charge is 2.15. The minimum absolute atomic E-state index is 0.201. The van der Waals surface area contributed by atoms with E-state index in [1.807, 2.05) is 97.9 Å². The summed E-state index contributed by atoms with van der Waals surface area (Å²) in [5.74, 6) is 0.513. The molecule has 1 amide bonds. The van der Waals surface area contributed by atoms with Crippen LogP contribution in [0.5, 0.6) is 0 Å². The zero-order chi connectivity index (χ0) is 21.2. The molecular formula is C26H20N4O. The highest BCUT2D eigenvalue weighted by molar-refractivity contribution is 6.07. The number of aromatic amines is 1. The minimum atomic E-state index is -0.201. The van der Waals surface area contributed by atoms with Gasteiger partial charge in [-0.3, -0.25) is 9.78 Å². The Kier molecular flexibility index (Phi) is 4.77. The maximum Gasteiger partial charge on any atom is 0.257 e. The molecule has 2 N–H and O–H groups in total. The van der Waals surface area contributed by atoms with E-state index in [0.717, 1.165) is 27.9 Å². The number of para-hydroxylation sites is 3. The van der Waals surface area contributed by atoms with Crippen LogP contribution in [0, 0.1) is 6.92 Å². The number of pyridine rings is 1. The molecule has 5 nitrogen and oxygen atoms in total. The van der Waals surface area contributed by atoms with E-state index >= 15 is 0 Å². The van der Waals surface area contributed by atoms with Crippen molar-refractivity contribution in [1.29, 1.82) is 0 Å². The number of H-pyrrole nitrogens is 1. The summed E-state index contributed by atoms with van der Waals surface area (Å²) in [6.45, 7) is 1.85. The molecule has 0 atom stereocenters. The van der Waals surface area contributed by atoms with E-state index in [1.165, 1.54) is 0 Å². The van der Waals surface area contributed by atoms with Crippen molar-refractivity contribution >= 4 is 22.6 Å². The Labute approximate surface area is 179 Å². The van der Waals surface area contributed by atoms with Crippen molar-refractivity contribution in [2.75, 3.05) is 5.32 Å². The summed E-state index contributed by atoms with van der Waals surface area (Å²) in [6.07, 6.45) is 0. The molecule has 2 aromatic heterocycles. The predicted molar refractivity (Wildman–Crippen MR) is 124 cm³/mol. The van der Waals surface area contributed by atoms with Crippen LogP contribution in [0.2, 0.25) is 0 Å². The van der Waals surface area contributed by atoms with E-state index in [0.29, 0.717) is 22.8 Å². The third-order valence-electron chi connectivity index (χ3n) is 5.22. The second kappa shape index (κ2) is 7.88. The van der Waals surface area contributed by atoms with E-state index < -0.39 is 0 Å². The van der Waals surface area contributed by atoms with Crippen LogP contribution in [0.25, 0.3) is 33.7 Å². The fourth-order valence-electron chi connectivity index (χ4n) is 3.64. The summed E-state index contributed by atoms with van der Waals surface area (Å²) in [6, 6.07) is 29.1. The SMILES string of the molecule is Cc1nc(-c2ccccc2)ccc1C(=O)Nc1ccccc1-c1nc2ccccc2[nH]1. The summed E-state index contributed by atoms with van der Waals surface area (Å²) in [5.41, 5.74) is 6.45. The zero-order valence-electron chi connectivity index (χ0n) is 17.0. The number of carbonyl (C=O) groups excluding carboxylic acids is 1. The molecule has 5 aromatic rings. The Morgan fingerprint density at radius 2 is 1.55 bits per heavy atom. The second-order valence-electron chi connectivity index (χ2n) is 7.30. The molecule has 3 aromatic carbocycles. The normalized spacial score (nSPS) is 10.9. The predicted octanol–water partition coefficient (Wildman–Crippen LogP) is 5.85. The molecule has 2 heterocycles. The third-order valence-corrected chi connectivity index (χ3v) is 5.22. The number of hydrogen-bond donors (Lipinski definition) is 2. The quantitative estimate of drug-likeness (QED) is 0.394. The molecule has 0 saturated heterocycles. The molecule has 0 saturated carbocycles. The lowest BCUT2D eigenvalue weighted by Gasteiger charge is -2.11. The van der Waals surface area contributed by atoms with E-state index in [4.69, 9.17) is 0 Å². The lowest BCUT2D eigenvalue weighted by molar-refractivity contribution is 0.102. The van der Waals surface area contributed by atoms with Gasteiger partial charge in [0.05, 0.1) is 33.7 Å². The lowest BCUT2D eigenvalue weighted by Crippen LogP contribution is -2.15.